The number of hydrogen-bond donors (Lipinski definition) is 3. The van der Waals surface area contributed by atoms with Crippen molar-refractivity contribution >= 4 is 50.8 Å². The van der Waals surface area contributed by atoms with E-state index >= 15 is 0 Å². The summed E-state index contributed by atoms with van der Waals surface area (Å²) in [5.41, 5.74) is 0.439. The van der Waals surface area contributed by atoms with E-state index in [1.165, 1.54) is 26.2 Å². The first-order chi connectivity index (χ1) is 14.5. The van der Waals surface area contributed by atoms with Gasteiger partial charge in [-0.15, -0.1) is 0 Å². The molecule has 0 saturated heterocycles. The summed E-state index contributed by atoms with van der Waals surface area (Å²) in [6.07, 6.45) is -1.45. The first-order valence-electron chi connectivity index (χ1n) is 8.79. The third-order valence-corrected chi connectivity index (χ3v) is 6.12. The summed E-state index contributed by atoms with van der Waals surface area (Å²) in [6, 6.07) is 8.32. The summed E-state index contributed by atoms with van der Waals surface area (Å²) >= 11 is 11.6. The van der Waals surface area contributed by atoms with Crippen LogP contribution in [0.2, 0.25) is 10.0 Å². The topological polar surface area (TPSA) is 131 Å². The molecule has 0 radical (unpaired) electrons. The molecule has 9 nitrogen and oxygen atoms in total. The quantitative estimate of drug-likeness (QED) is 0.459. The molecule has 0 bridgehead atoms. The Morgan fingerprint density at radius 2 is 1.74 bits per heavy atom. The van der Waals surface area contributed by atoms with Gasteiger partial charge in [-0.3, -0.25) is 9.59 Å². The van der Waals surface area contributed by atoms with E-state index in [-0.39, 0.29) is 14.9 Å². The van der Waals surface area contributed by atoms with E-state index in [1.54, 1.807) is 24.3 Å². The van der Waals surface area contributed by atoms with E-state index in [2.05, 4.69) is 5.32 Å². The van der Waals surface area contributed by atoms with Crippen molar-refractivity contribution in [1.82, 2.24) is 4.72 Å². The van der Waals surface area contributed by atoms with Crippen molar-refractivity contribution in [2.45, 2.75) is 24.0 Å². The van der Waals surface area contributed by atoms with Gasteiger partial charge < -0.3 is 19.9 Å². The molecule has 168 valence electrons. The highest BCUT2D eigenvalue weighted by Gasteiger charge is 2.31. The van der Waals surface area contributed by atoms with E-state index in [9.17, 15) is 23.1 Å². The van der Waals surface area contributed by atoms with Gasteiger partial charge in [-0.1, -0.05) is 23.2 Å². The number of carbonyl (C=O) groups excluding carboxylic acids is 2. The molecule has 0 aliphatic rings. The van der Waals surface area contributed by atoms with Crippen LogP contribution in [0, 0.1) is 0 Å². The Labute approximate surface area is 189 Å². The Morgan fingerprint density at radius 3 is 2.29 bits per heavy atom. The van der Waals surface area contributed by atoms with Crippen molar-refractivity contribution in [2.75, 3.05) is 19.0 Å². The molecule has 3 N–H and O–H groups in total. The zero-order chi connectivity index (χ0) is 23.2. The van der Waals surface area contributed by atoms with Crippen LogP contribution in [0.5, 0.6) is 5.75 Å². The second-order valence-corrected chi connectivity index (χ2v) is 8.83. The van der Waals surface area contributed by atoms with E-state index in [0.717, 1.165) is 6.07 Å². The molecule has 0 aromatic heterocycles. The van der Waals surface area contributed by atoms with Crippen LogP contribution in [-0.4, -0.2) is 51.3 Å². The Balaban J connectivity index is 2.00. The zero-order valence-electron chi connectivity index (χ0n) is 16.5. The lowest BCUT2D eigenvalue weighted by atomic mass is 10.2. The lowest BCUT2D eigenvalue weighted by molar-refractivity contribution is -0.151. The molecule has 0 heterocycles. The van der Waals surface area contributed by atoms with Gasteiger partial charge in [0.2, 0.25) is 10.0 Å². The highest BCUT2D eigenvalue weighted by atomic mass is 35.5. The molecular weight excluding hydrogens is 471 g/mol. The Bertz CT molecular complexity index is 1040. The molecule has 0 aliphatic carbocycles. The largest absolute Gasteiger partial charge is 0.497 e. The van der Waals surface area contributed by atoms with Gasteiger partial charge in [0.05, 0.1) is 28.2 Å². The van der Waals surface area contributed by atoms with Crippen LogP contribution in [0.25, 0.3) is 0 Å². The monoisotopic (exact) mass is 490 g/mol. The minimum Gasteiger partial charge on any atom is -0.497 e. The zero-order valence-corrected chi connectivity index (χ0v) is 18.8. The SMILES string of the molecule is COc1ccc(NC(=O)COC(=O)C(NS(=O)(=O)c2ccc(Cl)c(Cl)c2)C(C)O)cc1. The number of sulfonamides is 1. The average molecular weight is 491 g/mol. The van der Waals surface area contributed by atoms with E-state index in [0.29, 0.717) is 11.4 Å². The van der Waals surface area contributed by atoms with Crippen LogP contribution in [0.1, 0.15) is 6.92 Å². The summed E-state index contributed by atoms with van der Waals surface area (Å²) in [7, 11) is -2.75. The maximum absolute atomic E-state index is 12.5. The fourth-order valence-corrected chi connectivity index (χ4v) is 3.97. The molecule has 2 aromatic carbocycles. The summed E-state index contributed by atoms with van der Waals surface area (Å²) in [6.45, 7) is 0.503. The second kappa shape index (κ2) is 10.8. The van der Waals surface area contributed by atoms with Crippen molar-refractivity contribution in [3.8, 4) is 5.75 Å². The number of ether oxygens (including phenoxy) is 2. The summed E-state index contributed by atoms with van der Waals surface area (Å²) in [5, 5.41) is 12.5. The highest BCUT2D eigenvalue weighted by molar-refractivity contribution is 7.89. The first kappa shape index (κ1) is 24.9. The standard InChI is InChI=1S/C19H20Cl2N2O7S/c1-11(24)18(23-31(27,28)14-7-8-15(20)16(21)9-14)19(26)30-10-17(25)22-12-3-5-13(29-2)6-4-12/h3-9,11,18,23-24H,10H2,1-2H3,(H,22,25). The maximum Gasteiger partial charge on any atom is 0.327 e. The normalized spacial score (nSPS) is 13.2. The Hall–Kier alpha value is -2.37. The van der Waals surface area contributed by atoms with Crippen LogP contribution < -0.4 is 14.8 Å². The van der Waals surface area contributed by atoms with Crippen LogP contribution in [-0.2, 0) is 24.3 Å². The van der Waals surface area contributed by atoms with Crippen molar-refractivity contribution in [2.24, 2.45) is 0 Å². The molecule has 12 heteroatoms. The molecule has 2 unspecified atom stereocenters. The van der Waals surface area contributed by atoms with Gasteiger partial charge in [-0.05, 0) is 49.4 Å². The number of esters is 1. The average Bonchev–Trinajstić information content (AvgIpc) is 2.72. The van der Waals surface area contributed by atoms with E-state index in [4.69, 9.17) is 32.7 Å². The lowest BCUT2D eigenvalue weighted by Gasteiger charge is -2.20. The molecule has 31 heavy (non-hydrogen) atoms. The van der Waals surface area contributed by atoms with E-state index < -0.39 is 40.7 Å². The van der Waals surface area contributed by atoms with Gasteiger partial charge in [-0.25, -0.2) is 8.42 Å². The van der Waals surface area contributed by atoms with Gasteiger partial charge >= 0.3 is 5.97 Å². The Morgan fingerprint density at radius 1 is 1.10 bits per heavy atom. The molecule has 0 aliphatic heterocycles. The molecule has 0 saturated carbocycles. The van der Waals surface area contributed by atoms with Crippen LogP contribution in [0.4, 0.5) is 5.69 Å². The van der Waals surface area contributed by atoms with Crippen molar-refractivity contribution < 1.29 is 32.6 Å². The summed E-state index contributed by atoms with van der Waals surface area (Å²) < 4.78 is 37.0. The number of methoxy groups -OCH3 is 1. The van der Waals surface area contributed by atoms with Crippen molar-refractivity contribution in [1.29, 1.82) is 0 Å². The molecule has 0 spiro atoms. The maximum atomic E-state index is 12.5. The van der Waals surface area contributed by atoms with Crippen LogP contribution in [0.3, 0.4) is 0 Å². The van der Waals surface area contributed by atoms with Gasteiger partial charge in [0, 0.05) is 5.69 Å². The molecular formula is C19H20Cl2N2O7S. The number of aliphatic hydroxyl groups excluding tert-OH is 1. The van der Waals surface area contributed by atoms with Crippen LogP contribution in [0.15, 0.2) is 47.4 Å². The lowest BCUT2D eigenvalue weighted by Crippen LogP contribution is -2.48. The summed E-state index contributed by atoms with van der Waals surface area (Å²) in [4.78, 5) is 24.0. The first-order valence-corrected chi connectivity index (χ1v) is 11.0. The third-order valence-electron chi connectivity index (χ3n) is 3.94. The number of carbonyl (C=O) groups is 2. The predicted octanol–water partition coefficient (Wildman–Crippen LogP) is 2.21. The minimum atomic E-state index is -4.25. The number of anilines is 1. The van der Waals surface area contributed by atoms with E-state index in [1.807, 2.05) is 4.72 Å². The number of halogens is 2. The number of benzene rings is 2. The smallest absolute Gasteiger partial charge is 0.327 e. The number of nitrogens with one attached hydrogen (secondary N) is 2. The Kier molecular flexibility index (Phi) is 8.66. The minimum absolute atomic E-state index is 0.00378. The molecule has 1 amide bonds. The highest BCUT2D eigenvalue weighted by Crippen LogP contribution is 2.25. The van der Waals surface area contributed by atoms with Gasteiger partial charge in [0.15, 0.2) is 6.61 Å². The van der Waals surface area contributed by atoms with Gasteiger partial charge in [-0.2, -0.15) is 4.72 Å². The van der Waals surface area contributed by atoms with Gasteiger partial charge in [0.25, 0.3) is 5.91 Å². The van der Waals surface area contributed by atoms with Crippen LogP contribution >= 0.6 is 23.2 Å². The van der Waals surface area contributed by atoms with Crippen molar-refractivity contribution in [3.63, 3.8) is 0 Å². The predicted molar refractivity (Wildman–Crippen MR) is 115 cm³/mol. The summed E-state index contributed by atoms with van der Waals surface area (Å²) in [5.74, 6) is -1.20. The third kappa shape index (κ3) is 7.08. The second-order valence-electron chi connectivity index (χ2n) is 6.30. The fraction of sp³-hybridized carbons (Fsp3) is 0.263. The molecule has 0 fully saturated rings. The molecule has 2 aromatic rings. The number of amides is 1. The fourth-order valence-electron chi connectivity index (χ4n) is 2.32. The number of rotatable bonds is 9. The molecule has 2 atom stereocenters. The van der Waals surface area contributed by atoms with Gasteiger partial charge in [0.1, 0.15) is 11.8 Å². The number of aliphatic hydroxyl groups is 1. The van der Waals surface area contributed by atoms with Crippen molar-refractivity contribution in [3.05, 3.63) is 52.5 Å². The molecule has 2 rings (SSSR count). The number of hydrogen-bond acceptors (Lipinski definition) is 7.